The molecule has 1 aromatic heterocycles. The van der Waals surface area contributed by atoms with Gasteiger partial charge in [-0.15, -0.1) is 0 Å². The molecular weight excluding hydrogens is 387 g/mol. The van der Waals surface area contributed by atoms with Crippen molar-refractivity contribution in [2.24, 2.45) is 11.3 Å². The van der Waals surface area contributed by atoms with Gasteiger partial charge in [0.25, 0.3) is 0 Å². The minimum Gasteiger partial charge on any atom is -0.347 e. The van der Waals surface area contributed by atoms with E-state index >= 15 is 0 Å². The highest BCUT2D eigenvalue weighted by molar-refractivity contribution is 5.82. The molecule has 10 heteroatoms. The molecule has 3 saturated heterocycles. The van der Waals surface area contributed by atoms with E-state index in [9.17, 15) is 22.8 Å². The molecule has 1 aromatic rings. The average Bonchev–Trinajstić information content (AvgIpc) is 2.96. The lowest BCUT2D eigenvalue weighted by molar-refractivity contribution is -0.138. The van der Waals surface area contributed by atoms with E-state index in [0.717, 1.165) is 44.7 Å². The number of hydrogen-bond donors (Lipinski definition) is 1. The summed E-state index contributed by atoms with van der Waals surface area (Å²) in [4.78, 5) is 35.3. The van der Waals surface area contributed by atoms with Gasteiger partial charge >= 0.3 is 12.2 Å². The molecule has 1 N–H and O–H groups in total. The first kappa shape index (κ1) is 18.6. The first-order valence-electron chi connectivity index (χ1n) is 9.89. The molecule has 3 aliphatic heterocycles. The molecule has 0 aromatic carbocycles. The van der Waals surface area contributed by atoms with Crippen LogP contribution in [0.4, 0.5) is 18.0 Å². The van der Waals surface area contributed by atoms with Crippen LogP contribution in [0.15, 0.2) is 12.4 Å². The maximum Gasteiger partial charge on any atom is 0.419 e. The topological polar surface area (TPSA) is 78.4 Å². The lowest BCUT2D eigenvalue weighted by Gasteiger charge is -2.61. The summed E-state index contributed by atoms with van der Waals surface area (Å²) in [5.74, 6) is 0.858. The summed E-state index contributed by atoms with van der Waals surface area (Å²) in [6.45, 7) is 2.64. The maximum atomic E-state index is 12.6. The monoisotopic (exact) mass is 409 g/mol. The molecule has 0 unspecified atom stereocenters. The Morgan fingerprint density at radius 2 is 1.76 bits per heavy atom. The Morgan fingerprint density at radius 1 is 1.14 bits per heavy atom. The van der Waals surface area contributed by atoms with Gasteiger partial charge in [-0.3, -0.25) is 4.79 Å². The zero-order chi connectivity index (χ0) is 20.4. The van der Waals surface area contributed by atoms with Gasteiger partial charge in [0.2, 0.25) is 5.91 Å². The average molecular weight is 409 g/mol. The summed E-state index contributed by atoms with van der Waals surface area (Å²) >= 11 is 0. The molecular formula is C19H22F3N5O2. The minimum absolute atomic E-state index is 0.0388. The number of alkyl halides is 3. The van der Waals surface area contributed by atoms with Crippen LogP contribution in [0.1, 0.15) is 37.1 Å². The van der Waals surface area contributed by atoms with Gasteiger partial charge in [-0.05, 0) is 25.2 Å². The van der Waals surface area contributed by atoms with E-state index in [4.69, 9.17) is 0 Å². The van der Waals surface area contributed by atoms with E-state index in [0.29, 0.717) is 37.7 Å². The number of rotatable bonds is 2. The third-order valence-electron chi connectivity index (χ3n) is 6.76. The van der Waals surface area contributed by atoms with E-state index in [2.05, 4.69) is 15.3 Å². The second kappa shape index (κ2) is 6.06. The molecule has 4 heterocycles. The van der Waals surface area contributed by atoms with Gasteiger partial charge in [-0.25, -0.2) is 14.8 Å². The first-order valence-corrected chi connectivity index (χ1v) is 9.89. The Hall–Kier alpha value is -2.39. The predicted molar refractivity (Wildman–Crippen MR) is 94.5 cm³/mol. The molecule has 4 aliphatic rings. The van der Waals surface area contributed by atoms with Crippen molar-refractivity contribution in [3.05, 3.63) is 23.8 Å². The lowest BCUT2D eigenvalue weighted by Crippen LogP contribution is -2.73. The van der Waals surface area contributed by atoms with Gasteiger partial charge in [-0.2, -0.15) is 13.2 Å². The lowest BCUT2D eigenvalue weighted by atomic mass is 9.57. The summed E-state index contributed by atoms with van der Waals surface area (Å²) in [5, 5.41) is 2.98. The highest BCUT2D eigenvalue weighted by atomic mass is 19.4. The minimum atomic E-state index is -4.42. The van der Waals surface area contributed by atoms with Gasteiger partial charge in [0.05, 0.1) is 11.1 Å². The molecule has 2 spiro atoms. The van der Waals surface area contributed by atoms with Crippen LogP contribution in [0.5, 0.6) is 0 Å². The largest absolute Gasteiger partial charge is 0.419 e. The Morgan fingerprint density at radius 3 is 2.31 bits per heavy atom. The van der Waals surface area contributed by atoms with Crippen molar-refractivity contribution >= 4 is 11.9 Å². The summed E-state index contributed by atoms with van der Waals surface area (Å²) in [6, 6.07) is 0.0388. The van der Waals surface area contributed by atoms with Crippen LogP contribution in [0.25, 0.3) is 0 Å². The van der Waals surface area contributed by atoms with E-state index in [1.54, 1.807) is 4.90 Å². The Kier molecular flexibility index (Phi) is 3.89. The predicted octanol–water partition coefficient (Wildman–Crippen LogP) is 1.83. The summed E-state index contributed by atoms with van der Waals surface area (Å²) < 4.78 is 37.7. The van der Waals surface area contributed by atoms with Crippen molar-refractivity contribution in [2.45, 2.75) is 43.8 Å². The highest BCUT2D eigenvalue weighted by Gasteiger charge is 2.56. The molecule has 0 bridgehead atoms. The summed E-state index contributed by atoms with van der Waals surface area (Å²) in [7, 11) is 0. The molecule has 5 rings (SSSR count). The van der Waals surface area contributed by atoms with Crippen LogP contribution >= 0.6 is 0 Å². The number of urea groups is 1. The number of carbonyl (C=O) groups excluding carboxylic acids is 2. The first-order chi connectivity index (χ1) is 13.7. The number of amides is 3. The fourth-order valence-corrected chi connectivity index (χ4v) is 5.36. The smallest absolute Gasteiger partial charge is 0.347 e. The van der Waals surface area contributed by atoms with Crippen molar-refractivity contribution < 1.29 is 22.8 Å². The Labute approximate surface area is 165 Å². The molecule has 0 radical (unpaired) electrons. The zero-order valence-corrected chi connectivity index (χ0v) is 15.8. The Bertz CT molecular complexity index is 836. The van der Waals surface area contributed by atoms with Gasteiger partial charge in [0.15, 0.2) is 0 Å². The van der Waals surface area contributed by atoms with Crippen LogP contribution in [0.2, 0.25) is 0 Å². The Balaban J connectivity index is 1.06. The van der Waals surface area contributed by atoms with Crippen LogP contribution in [0.3, 0.4) is 0 Å². The van der Waals surface area contributed by atoms with E-state index in [1.807, 2.05) is 4.90 Å². The summed E-state index contributed by atoms with van der Waals surface area (Å²) in [6.07, 6.45) is 1.07. The molecule has 7 nitrogen and oxygen atoms in total. The number of likely N-dealkylation sites (tertiary alicyclic amines) is 2. The maximum absolute atomic E-state index is 12.6. The zero-order valence-electron chi connectivity index (χ0n) is 15.8. The normalized spacial score (nSPS) is 24.9. The van der Waals surface area contributed by atoms with Crippen molar-refractivity contribution in [2.75, 3.05) is 26.2 Å². The molecule has 3 amide bonds. The van der Waals surface area contributed by atoms with Crippen molar-refractivity contribution in [3.63, 3.8) is 0 Å². The third-order valence-corrected chi connectivity index (χ3v) is 6.76. The van der Waals surface area contributed by atoms with Gasteiger partial charge < -0.3 is 15.1 Å². The molecule has 156 valence electrons. The van der Waals surface area contributed by atoms with Gasteiger partial charge in [0.1, 0.15) is 5.82 Å². The number of halogens is 3. The number of carbonyl (C=O) groups is 2. The number of nitrogens with one attached hydrogen (secondary N) is 1. The molecule has 0 atom stereocenters. The van der Waals surface area contributed by atoms with Gasteiger partial charge in [0, 0.05) is 56.8 Å². The standard InChI is InChI=1S/C19H22F3N5O2/c20-19(21,22)13-6-23-14(24-7-13)3-12-4-17(5-12)8-26(9-17)16(29)27-10-18(11-27)2-1-15(28)25-18/h6-7,12H,1-5,8-11H2,(H,25,28). The second-order valence-corrected chi connectivity index (χ2v) is 9.19. The van der Waals surface area contributed by atoms with Crippen molar-refractivity contribution in [3.8, 4) is 0 Å². The van der Waals surface area contributed by atoms with Crippen LogP contribution in [-0.4, -0.2) is 63.4 Å². The fourth-order valence-electron chi connectivity index (χ4n) is 5.36. The third kappa shape index (κ3) is 3.22. The quantitative estimate of drug-likeness (QED) is 0.809. The van der Waals surface area contributed by atoms with Crippen LogP contribution in [-0.2, 0) is 17.4 Å². The molecule has 1 saturated carbocycles. The molecule has 29 heavy (non-hydrogen) atoms. The highest BCUT2D eigenvalue weighted by Crippen LogP contribution is 2.53. The number of aromatic nitrogens is 2. The van der Waals surface area contributed by atoms with Crippen LogP contribution < -0.4 is 5.32 Å². The fraction of sp³-hybridized carbons (Fsp3) is 0.684. The van der Waals surface area contributed by atoms with Crippen molar-refractivity contribution in [1.29, 1.82) is 0 Å². The van der Waals surface area contributed by atoms with E-state index < -0.39 is 11.7 Å². The van der Waals surface area contributed by atoms with Crippen molar-refractivity contribution in [1.82, 2.24) is 25.1 Å². The SMILES string of the molecule is O=C1CCC2(CN(C(=O)N3CC4(CC(Cc5ncc(C(F)(F)F)cn5)C4)C3)C2)N1. The number of nitrogens with zero attached hydrogens (tertiary/aromatic N) is 4. The van der Waals surface area contributed by atoms with E-state index in [-0.39, 0.29) is 22.9 Å². The van der Waals surface area contributed by atoms with E-state index in [1.165, 1.54) is 0 Å². The van der Waals surface area contributed by atoms with Gasteiger partial charge in [-0.1, -0.05) is 0 Å². The number of hydrogen-bond acceptors (Lipinski definition) is 4. The van der Waals surface area contributed by atoms with Crippen LogP contribution in [0, 0.1) is 11.3 Å². The summed E-state index contributed by atoms with van der Waals surface area (Å²) in [5.41, 5.74) is -0.876. The molecule has 4 fully saturated rings. The molecule has 1 aliphatic carbocycles. The second-order valence-electron chi connectivity index (χ2n) is 9.19.